The van der Waals surface area contributed by atoms with Crippen LogP contribution in [0, 0.1) is 5.82 Å². The van der Waals surface area contributed by atoms with Crippen molar-refractivity contribution in [2.45, 2.75) is 6.92 Å². The first kappa shape index (κ1) is 21.7. The van der Waals surface area contributed by atoms with Gasteiger partial charge in [-0.2, -0.15) is 0 Å². The van der Waals surface area contributed by atoms with Crippen molar-refractivity contribution in [3.63, 3.8) is 0 Å². The van der Waals surface area contributed by atoms with E-state index in [1.54, 1.807) is 0 Å². The number of piperazine rings is 1. The Kier molecular flexibility index (Phi) is 7.75. The number of carbonyl (C=O) groups excluding carboxylic acids is 2. The lowest BCUT2D eigenvalue weighted by Gasteiger charge is -2.33. The molecule has 0 aliphatic carbocycles. The summed E-state index contributed by atoms with van der Waals surface area (Å²) in [6.45, 7) is 5.77. The molecule has 0 unspecified atom stereocenters. The van der Waals surface area contributed by atoms with Crippen LogP contribution in [-0.4, -0.2) is 67.5 Å². The molecular formula is C22H27FN4O3. The number of hydrogen-bond donors (Lipinski definition) is 2. The van der Waals surface area contributed by atoms with Crippen LogP contribution in [0.1, 0.15) is 6.92 Å². The van der Waals surface area contributed by atoms with Crippen LogP contribution in [0.15, 0.2) is 48.5 Å². The summed E-state index contributed by atoms with van der Waals surface area (Å²) in [6.07, 6.45) is 0. The van der Waals surface area contributed by atoms with Gasteiger partial charge in [-0.1, -0.05) is 12.1 Å². The number of amides is 2. The monoisotopic (exact) mass is 414 g/mol. The summed E-state index contributed by atoms with van der Waals surface area (Å²) in [5.74, 6) is 0.0878. The van der Waals surface area contributed by atoms with Crippen LogP contribution < -0.4 is 15.4 Å². The predicted molar refractivity (Wildman–Crippen MR) is 114 cm³/mol. The van der Waals surface area contributed by atoms with Gasteiger partial charge in [-0.05, 0) is 43.3 Å². The number of benzene rings is 2. The third-order valence-corrected chi connectivity index (χ3v) is 4.79. The molecule has 30 heavy (non-hydrogen) atoms. The number of hydrogen-bond acceptors (Lipinski definition) is 5. The van der Waals surface area contributed by atoms with Gasteiger partial charge in [0.05, 0.1) is 25.4 Å². The molecule has 0 radical (unpaired) electrons. The molecule has 0 spiro atoms. The van der Waals surface area contributed by atoms with Crippen molar-refractivity contribution in [3.05, 3.63) is 54.3 Å². The van der Waals surface area contributed by atoms with E-state index in [4.69, 9.17) is 4.74 Å². The van der Waals surface area contributed by atoms with Gasteiger partial charge in [0.1, 0.15) is 11.6 Å². The lowest BCUT2D eigenvalue weighted by Crippen LogP contribution is -2.50. The summed E-state index contributed by atoms with van der Waals surface area (Å²) in [5.41, 5.74) is 1.24. The van der Waals surface area contributed by atoms with Crippen LogP contribution in [-0.2, 0) is 9.59 Å². The number of nitrogens with one attached hydrogen (secondary N) is 2. The maximum absolute atomic E-state index is 12.9. The lowest BCUT2D eigenvalue weighted by molar-refractivity contribution is -0.120. The first-order valence-electron chi connectivity index (χ1n) is 10.1. The summed E-state index contributed by atoms with van der Waals surface area (Å²) in [7, 11) is 0. The highest BCUT2D eigenvalue weighted by atomic mass is 19.1. The first-order valence-corrected chi connectivity index (χ1v) is 10.1. The molecule has 2 amide bonds. The quantitative estimate of drug-likeness (QED) is 0.694. The minimum absolute atomic E-state index is 0.0929. The molecule has 2 aromatic rings. The van der Waals surface area contributed by atoms with Crippen LogP contribution in [0.4, 0.5) is 15.8 Å². The molecule has 7 nitrogen and oxygen atoms in total. The Morgan fingerprint density at radius 3 is 2.07 bits per heavy atom. The van der Waals surface area contributed by atoms with E-state index in [0.717, 1.165) is 0 Å². The standard InChI is InChI=1S/C22H27FN4O3/c1-2-30-20-6-4-3-5-19(20)25-22(29)16-27-13-11-26(12-14-27)15-21(28)24-18-9-7-17(23)8-10-18/h3-10H,2,11-16H2,1H3,(H,24,28)(H,25,29). The van der Waals surface area contributed by atoms with Crippen molar-refractivity contribution >= 4 is 23.2 Å². The number of anilines is 2. The van der Waals surface area contributed by atoms with Crippen molar-refractivity contribution < 1.29 is 18.7 Å². The van der Waals surface area contributed by atoms with Gasteiger partial charge in [0.25, 0.3) is 0 Å². The molecule has 160 valence electrons. The molecule has 1 fully saturated rings. The summed E-state index contributed by atoms with van der Waals surface area (Å²) >= 11 is 0. The van der Waals surface area contributed by atoms with E-state index < -0.39 is 0 Å². The minimum Gasteiger partial charge on any atom is -0.492 e. The Labute approximate surface area is 175 Å². The summed E-state index contributed by atoms with van der Waals surface area (Å²) in [4.78, 5) is 28.7. The van der Waals surface area contributed by atoms with E-state index >= 15 is 0 Å². The molecule has 0 aromatic heterocycles. The second-order valence-electron chi connectivity index (χ2n) is 7.08. The van der Waals surface area contributed by atoms with Crippen molar-refractivity contribution in [2.24, 2.45) is 0 Å². The molecule has 1 aliphatic rings. The lowest BCUT2D eigenvalue weighted by atomic mass is 10.2. The van der Waals surface area contributed by atoms with Crippen LogP contribution in [0.5, 0.6) is 5.75 Å². The second-order valence-corrected chi connectivity index (χ2v) is 7.08. The Hall–Kier alpha value is -2.97. The van der Waals surface area contributed by atoms with Gasteiger partial charge in [0.15, 0.2) is 0 Å². The van der Waals surface area contributed by atoms with E-state index in [1.807, 2.05) is 36.1 Å². The molecule has 1 heterocycles. The van der Waals surface area contributed by atoms with Crippen molar-refractivity contribution in [3.8, 4) is 5.75 Å². The Morgan fingerprint density at radius 1 is 0.900 bits per heavy atom. The van der Waals surface area contributed by atoms with Crippen molar-refractivity contribution in [1.29, 1.82) is 0 Å². The Morgan fingerprint density at radius 2 is 1.47 bits per heavy atom. The minimum atomic E-state index is -0.338. The molecule has 2 N–H and O–H groups in total. The largest absolute Gasteiger partial charge is 0.492 e. The van der Waals surface area contributed by atoms with E-state index in [-0.39, 0.29) is 30.7 Å². The summed E-state index contributed by atoms with van der Waals surface area (Å²) < 4.78 is 18.5. The van der Waals surface area contributed by atoms with E-state index in [0.29, 0.717) is 49.9 Å². The van der Waals surface area contributed by atoms with Gasteiger partial charge in [-0.15, -0.1) is 0 Å². The van der Waals surface area contributed by atoms with E-state index in [1.165, 1.54) is 24.3 Å². The molecular weight excluding hydrogens is 387 g/mol. The maximum Gasteiger partial charge on any atom is 0.238 e. The Balaban J connectivity index is 1.40. The third-order valence-electron chi connectivity index (χ3n) is 4.79. The molecule has 2 aromatic carbocycles. The van der Waals surface area contributed by atoms with Gasteiger partial charge in [-0.25, -0.2) is 4.39 Å². The zero-order valence-corrected chi connectivity index (χ0v) is 17.1. The van der Waals surface area contributed by atoms with Gasteiger partial charge in [-0.3, -0.25) is 19.4 Å². The highest BCUT2D eigenvalue weighted by molar-refractivity contribution is 5.94. The summed E-state index contributed by atoms with van der Waals surface area (Å²) in [6, 6.07) is 13.1. The van der Waals surface area contributed by atoms with Gasteiger partial charge in [0, 0.05) is 31.9 Å². The fourth-order valence-electron chi connectivity index (χ4n) is 3.29. The summed E-state index contributed by atoms with van der Waals surface area (Å²) in [5, 5.41) is 5.67. The molecule has 0 atom stereocenters. The zero-order valence-electron chi connectivity index (χ0n) is 17.1. The molecule has 1 saturated heterocycles. The number of rotatable bonds is 8. The Bertz CT molecular complexity index is 852. The number of ether oxygens (including phenoxy) is 1. The van der Waals surface area contributed by atoms with Crippen molar-refractivity contribution in [1.82, 2.24) is 9.80 Å². The van der Waals surface area contributed by atoms with Crippen LogP contribution in [0.3, 0.4) is 0 Å². The average molecular weight is 414 g/mol. The van der Waals surface area contributed by atoms with Crippen molar-refractivity contribution in [2.75, 3.05) is 56.5 Å². The van der Waals surface area contributed by atoms with E-state index in [2.05, 4.69) is 15.5 Å². The molecule has 3 rings (SSSR count). The van der Waals surface area contributed by atoms with Crippen LogP contribution in [0.2, 0.25) is 0 Å². The predicted octanol–water partition coefficient (Wildman–Crippen LogP) is 2.42. The third kappa shape index (κ3) is 6.53. The van der Waals surface area contributed by atoms with Crippen LogP contribution >= 0.6 is 0 Å². The van der Waals surface area contributed by atoms with Crippen LogP contribution in [0.25, 0.3) is 0 Å². The molecule has 0 bridgehead atoms. The zero-order chi connectivity index (χ0) is 21.3. The SMILES string of the molecule is CCOc1ccccc1NC(=O)CN1CCN(CC(=O)Nc2ccc(F)cc2)CC1. The van der Waals surface area contributed by atoms with Gasteiger partial charge in [0.2, 0.25) is 11.8 Å². The smallest absolute Gasteiger partial charge is 0.238 e. The van der Waals surface area contributed by atoms with E-state index in [9.17, 15) is 14.0 Å². The van der Waals surface area contributed by atoms with Gasteiger partial charge >= 0.3 is 0 Å². The number of para-hydroxylation sites is 2. The fourth-order valence-corrected chi connectivity index (χ4v) is 3.29. The molecule has 1 aliphatic heterocycles. The highest BCUT2D eigenvalue weighted by Gasteiger charge is 2.21. The number of halogens is 1. The maximum atomic E-state index is 12.9. The number of nitrogens with zero attached hydrogens (tertiary/aromatic N) is 2. The number of carbonyl (C=O) groups is 2. The average Bonchev–Trinajstić information content (AvgIpc) is 2.73. The second kappa shape index (κ2) is 10.7. The first-order chi connectivity index (χ1) is 14.5. The van der Waals surface area contributed by atoms with Gasteiger partial charge < -0.3 is 15.4 Å². The molecule has 8 heteroatoms. The molecule has 0 saturated carbocycles. The highest BCUT2D eigenvalue weighted by Crippen LogP contribution is 2.23. The topological polar surface area (TPSA) is 73.9 Å². The normalized spacial score (nSPS) is 14.9. The fraction of sp³-hybridized carbons (Fsp3) is 0.364.